The summed E-state index contributed by atoms with van der Waals surface area (Å²) in [5.41, 5.74) is 1.74. The molecule has 1 saturated heterocycles. The summed E-state index contributed by atoms with van der Waals surface area (Å²) in [6.45, 7) is 5.50. The molecule has 4 heteroatoms. The number of benzene rings is 1. The summed E-state index contributed by atoms with van der Waals surface area (Å²) in [7, 11) is 2.10. The van der Waals surface area contributed by atoms with Gasteiger partial charge in [-0.2, -0.15) is 0 Å². The predicted octanol–water partition coefficient (Wildman–Crippen LogP) is 2.52. The van der Waals surface area contributed by atoms with E-state index in [2.05, 4.69) is 11.9 Å². The van der Waals surface area contributed by atoms with Gasteiger partial charge in [0, 0.05) is 30.6 Å². The first-order chi connectivity index (χ1) is 9.66. The summed E-state index contributed by atoms with van der Waals surface area (Å²) < 4.78 is 5.78. The van der Waals surface area contributed by atoms with Crippen LogP contribution in [0, 0.1) is 6.92 Å². The molecule has 20 heavy (non-hydrogen) atoms. The quantitative estimate of drug-likeness (QED) is 0.800. The number of fused-ring (bicyclic) bond motifs is 1. The Morgan fingerprint density at radius 2 is 1.95 bits per heavy atom. The molecule has 0 atom stereocenters. The van der Waals surface area contributed by atoms with Crippen LogP contribution in [-0.2, 0) is 0 Å². The van der Waals surface area contributed by atoms with E-state index >= 15 is 0 Å². The van der Waals surface area contributed by atoms with Crippen molar-refractivity contribution in [1.29, 1.82) is 0 Å². The minimum absolute atomic E-state index is 0.0222. The Hall–Kier alpha value is -1.81. The lowest BCUT2D eigenvalue weighted by Gasteiger charge is -2.19. The fourth-order valence-electron chi connectivity index (χ4n) is 2.77. The SMILES string of the molecule is Cc1c(C(=O)N2CCCN(C)CC2)oc2ccccc12. The molecule has 1 aromatic carbocycles. The number of likely N-dealkylation sites (N-methyl/N-ethyl adjacent to an activating group) is 1. The van der Waals surface area contributed by atoms with Crippen LogP contribution >= 0.6 is 0 Å². The number of para-hydroxylation sites is 1. The minimum atomic E-state index is 0.0222. The molecular weight excluding hydrogens is 252 g/mol. The zero-order valence-corrected chi connectivity index (χ0v) is 12.1. The predicted molar refractivity (Wildman–Crippen MR) is 79.0 cm³/mol. The third kappa shape index (κ3) is 2.31. The van der Waals surface area contributed by atoms with Crippen LogP contribution in [0.5, 0.6) is 0 Å². The van der Waals surface area contributed by atoms with E-state index in [1.54, 1.807) is 0 Å². The maximum atomic E-state index is 12.7. The van der Waals surface area contributed by atoms with Gasteiger partial charge in [-0.15, -0.1) is 0 Å². The molecule has 1 aliphatic heterocycles. The largest absolute Gasteiger partial charge is 0.451 e. The van der Waals surface area contributed by atoms with Gasteiger partial charge >= 0.3 is 0 Å². The molecule has 0 saturated carbocycles. The number of carbonyl (C=O) groups excluding carboxylic acids is 1. The van der Waals surface area contributed by atoms with Crippen molar-refractivity contribution in [2.75, 3.05) is 33.2 Å². The van der Waals surface area contributed by atoms with E-state index in [9.17, 15) is 4.79 Å². The van der Waals surface area contributed by atoms with Gasteiger partial charge in [0.2, 0.25) is 0 Å². The van der Waals surface area contributed by atoms with E-state index in [0.717, 1.165) is 49.1 Å². The lowest BCUT2D eigenvalue weighted by Crippen LogP contribution is -2.34. The van der Waals surface area contributed by atoms with E-state index in [1.807, 2.05) is 36.1 Å². The molecule has 1 aliphatic rings. The van der Waals surface area contributed by atoms with Crippen molar-refractivity contribution in [1.82, 2.24) is 9.80 Å². The molecule has 1 amide bonds. The van der Waals surface area contributed by atoms with E-state index in [0.29, 0.717) is 5.76 Å². The van der Waals surface area contributed by atoms with Gasteiger partial charge in [0.05, 0.1) is 0 Å². The Balaban J connectivity index is 1.90. The van der Waals surface area contributed by atoms with Gasteiger partial charge in [0.1, 0.15) is 5.58 Å². The zero-order valence-electron chi connectivity index (χ0n) is 12.1. The molecule has 4 nitrogen and oxygen atoms in total. The van der Waals surface area contributed by atoms with Crippen molar-refractivity contribution in [2.24, 2.45) is 0 Å². The number of amides is 1. The van der Waals surface area contributed by atoms with Crippen LogP contribution in [-0.4, -0.2) is 48.9 Å². The first-order valence-corrected chi connectivity index (χ1v) is 7.13. The standard InChI is InChI=1S/C16H20N2O2/c1-12-13-6-3-4-7-14(13)20-15(12)16(19)18-9-5-8-17(2)10-11-18/h3-4,6-7H,5,8-11H2,1-2H3. The molecule has 0 radical (unpaired) electrons. The molecule has 0 N–H and O–H groups in total. The highest BCUT2D eigenvalue weighted by atomic mass is 16.3. The fourth-order valence-corrected chi connectivity index (χ4v) is 2.77. The number of furan rings is 1. The topological polar surface area (TPSA) is 36.7 Å². The van der Waals surface area contributed by atoms with Gasteiger partial charge in [-0.25, -0.2) is 0 Å². The maximum absolute atomic E-state index is 12.7. The summed E-state index contributed by atoms with van der Waals surface area (Å²) in [6.07, 6.45) is 1.02. The third-order valence-corrected chi connectivity index (χ3v) is 4.04. The highest BCUT2D eigenvalue weighted by molar-refractivity contribution is 5.98. The Kier molecular flexibility index (Phi) is 3.49. The molecule has 3 rings (SSSR count). The summed E-state index contributed by atoms with van der Waals surface area (Å²) >= 11 is 0. The van der Waals surface area contributed by atoms with Crippen LogP contribution in [0.4, 0.5) is 0 Å². The molecule has 0 spiro atoms. The van der Waals surface area contributed by atoms with Crippen LogP contribution < -0.4 is 0 Å². The van der Waals surface area contributed by atoms with Gasteiger partial charge in [0.15, 0.2) is 5.76 Å². The number of hydrogen-bond donors (Lipinski definition) is 0. The Labute approximate surface area is 119 Å². The number of carbonyl (C=O) groups is 1. The summed E-state index contributed by atoms with van der Waals surface area (Å²) in [4.78, 5) is 16.8. The smallest absolute Gasteiger partial charge is 0.289 e. The average molecular weight is 272 g/mol. The van der Waals surface area contributed by atoms with Crippen LogP contribution in [0.15, 0.2) is 28.7 Å². The van der Waals surface area contributed by atoms with Crippen LogP contribution in [0.1, 0.15) is 22.5 Å². The number of rotatable bonds is 1. The molecule has 1 fully saturated rings. The second kappa shape index (κ2) is 5.29. The normalized spacial score (nSPS) is 17.4. The Bertz CT molecular complexity index is 632. The number of nitrogens with zero attached hydrogens (tertiary/aromatic N) is 2. The number of hydrogen-bond acceptors (Lipinski definition) is 3. The van der Waals surface area contributed by atoms with E-state index in [1.165, 1.54) is 0 Å². The monoisotopic (exact) mass is 272 g/mol. The van der Waals surface area contributed by atoms with Gasteiger partial charge in [-0.3, -0.25) is 4.79 Å². The Morgan fingerprint density at radius 3 is 2.75 bits per heavy atom. The first kappa shape index (κ1) is 13.2. The van der Waals surface area contributed by atoms with Crippen molar-refractivity contribution in [3.05, 3.63) is 35.6 Å². The zero-order chi connectivity index (χ0) is 14.1. The molecule has 106 valence electrons. The lowest BCUT2D eigenvalue weighted by atomic mass is 10.1. The van der Waals surface area contributed by atoms with Crippen molar-refractivity contribution < 1.29 is 9.21 Å². The highest BCUT2D eigenvalue weighted by Crippen LogP contribution is 2.26. The van der Waals surface area contributed by atoms with Gasteiger partial charge in [0.25, 0.3) is 5.91 Å². The van der Waals surface area contributed by atoms with E-state index in [-0.39, 0.29) is 5.91 Å². The second-order valence-electron chi connectivity index (χ2n) is 5.50. The summed E-state index contributed by atoms with van der Waals surface area (Å²) in [5.74, 6) is 0.518. The maximum Gasteiger partial charge on any atom is 0.289 e. The Morgan fingerprint density at radius 1 is 1.15 bits per heavy atom. The lowest BCUT2D eigenvalue weighted by molar-refractivity contribution is 0.0732. The molecule has 2 heterocycles. The highest BCUT2D eigenvalue weighted by Gasteiger charge is 2.24. The molecule has 2 aromatic rings. The van der Waals surface area contributed by atoms with Crippen molar-refractivity contribution in [3.63, 3.8) is 0 Å². The molecule has 0 aliphatic carbocycles. The summed E-state index contributed by atoms with van der Waals surface area (Å²) in [5, 5.41) is 1.03. The van der Waals surface area contributed by atoms with Crippen molar-refractivity contribution in [2.45, 2.75) is 13.3 Å². The summed E-state index contributed by atoms with van der Waals surface area (Å²) in [6, 6.07) is 7.82. The number of aryl methyl sites for hydroxylation is 1. The van der Waals surface area contributed by atoms with Crippen molar-refractivity contribution >= 4 is 16.9 Å². The van der Waals surface area contributed by atoms with Gasteiger partial charge in [-0.1, -0.05) is 18.2 Å². The van der Waals surface area contributed by atoms with Crippen molar-refractivity contribution in [3.8, 4) is 0 Å². The molecule has 1 aromatic heterocycles. The van der Waals surface area contributed by atoms with Gasteiger partial charge < -0.3 is 14.2 Å². The average Bonchev–Trinajstić information content (AvgIpc) is 2.64. The minimum Gasteiger partial charge on any atom is -0.451 e. The van der Waals surface area contributed by atoms with Crippen LogP contribution in [0.25, 0.3) is 11.0 Å². The second-order valence-corrected chi connectivity index (χ2v) is 5.50. The molecular formula is C16H20N2O2. The fraction of sp³-hybridized carbons (Fsp3) is 0.438. The van der Waals surface area contributed by atoms with Crippen LogP contribution in [0.3, 0.4) is 0 Å². The van der Waals surface area contributed by atoms with E-state index in [4.69, 9.17) is 4.42 Å². The molecule has 0 bridgehead atoms. The van der Waals surface area contributed by atoms with Crippen LogP contribution in [0.2, 0.25) is 0 Å². The van der Waals surface area contributed by atoms with E-state index < -0.39 is 0 Å². The third-order valence-electron chi connectivity index (χ3n) is 4.04. The first-order valence-electron chi connectivity index (χ1n) is 7.13. The molecule has 0 unspecified atom stereocenters. The van der Waals surface area contributed by atoms with Gasteiger partial charge in [-0.05, 0) is 33.0 Å².